The number of ether oxygens (including phenoxy) is 3. The van der Waals surface area contributed by atoms with Crippen molar-refractivity contribution in [3.8, 4) is 17.2 Å². The van der Waals surface area contributed by atoms with Crippen molar-refractivity contribution in [3.05, 3.63) is 53.1 Å². The van der Waals surface area contributed by atoms with E-state index in [-0.39, 0.29) is 6.04 Å². The highest BCUT2D eigenvalue weighted by atomic mass is 16.5. The van der Waals surface area contributed by atoms with Crippen LogP contribution in [-0.4, -0.2) is 26.9 Å². The van der Waals surface area contributed by atoms with Crippen LogP contribution in [0.25, 0.3) is 0 Å². The Morgan fingerprint density at radius 1 is 0.958 bits per heavy atom. The lowest BCUT2D eigenvalue weighted by Crippen LogP contribution is -2.31. The van der Waals surface area contributed by atoms with E-state index in [4.69, 9.17) is 14.2 Å². The second-order valence-corrected chi connectivity index (χ2v) is 5.74. The molecule has 1 N–H and O–H groups in total. The van der Waals surface area contributed by atoms with E-state index in [9.17, 15) is 0 Å². The number of para-hydroxylation sites is 1. The van der Waals surface area contributed by atoms with Gasteiger partial charge in [-0.1, -0.05) is 18.2 Å². The van der Waals surface area contributed by atoms with Gasteiger partial charge in [0.15, 0.2) is 11.5 Å². The molecule has 0 aliphatic carbocycles. The first-order chi connectivity index (χ1) is 11.8. The second kappa shape index (κ2) is 7.58. The molecule has 0 spiro atoms. The fraction of sp³-hybridized carbons (Fsp3) is 0.400. The Morgan fingerprint density at radius 2 is 1.71 bits per heavy atom. The van der Waals surface area contributed by atoms with Gasteiger partial charge in [0.2, 0.25) is 0 Å². The molecule has 0 amide bonds. The van der Waals surface area contributed by atoms with Gasteiger partial charge in [0.1, 0.15) is 5.75 Å². The summed E-state index contributed by atoms with van der Waals surface area (Å²) in [5.41, 5.74) is 3.69. The number of hydrogen-bond acceptors (Lipinski definition) is 4. The Kier molecular flexibility index (Phi) is 5.26. The Labute approximate surface area is 143 Å². The molecule has 1 aliphatic rings. The van der Waals surface area contributed by atoms with E-state index in [1.54, 1.807) is 7.11 Å². The second-order valence-electron chi connectivity index (χ2n) is 5.74. The number of hydrogen-bond donors (Lipinski definition) is 1. The predicted octanol–water partition coefficient (Wildman–Crippen LogP) is 3.73. The molecule has 4 heteroatoms. The fourth-order valence-corrected chi connectivity index (χ4v) is 3.28. The zero-order valence-electron chi connectivity index (χ0n) is 14.6. The van der Waals surface area contributed by atoms with E-state index in [0.29, 0.717) is 13.2 Å². The lowest BCUT2D eigenvalue weighted by Gasteiger charge is -2.29. The summed E-state index contributed by atoms with van der Waals surface area (Å²) >= 11 is 0. The van der Waals surface area contributed by atoms with Gasteiger partial charge < -0.3 is 19.5 Å². The molecule has 1 heterocycles. The molecular weight excluding hydrogens is 302 g/mol. The van der Waals surface area contributed by atoms with E-state index >= 15 is 0 Å². The summed E-state index contributed by atoms with van der Waals surface area (Å²) < 4.78 is 17.1. The number of methoxy groups -OCH3 is 1. The molecule has 4 nitrogen and oxygen atoms in total. The maximum atomic E-state index is 5.83. The van der Waals surface area contributed by atoms with Gasteiger partial charge in [-0.05, 0) is 49.6 Å². The summed E-state index contributed by atoms with van der Waals surface area (Å²) in [6.45, 7) is 6.19. The van der Waals surface area contributed by atoms with Gasteiger partial charge >= 0.3 is 0 Å². The van der Waals surface area contributed by atoms with Gasteiger partial charge in [0.05, 0.1) is 26.4 Å². The van der Waals surface area contributed by atoms with Crippen molar-refractivity contribution in [2.45, 2.75) is 26.3 Å². The average molecular weight is 327 g/mol. The molecule has 2 aromatic rings. The fourth-order valence-electron chi connectivity index (χ4n) is 3.28. The SMILES string of the molecule is CCOc1cc2c(cc1OC)CCNC2c1ccccc1OCC. The highest BCUT2D eigenvalue weighted by molar-refractivity contribution is 5.53. The van der Waals surface area contributed by atoms with Crippen LogP contribution in [0, 0.1) is 0 Å². The minimum absolute atomic E-state index is 0.0987. The first-order valence-electron chi connectivity index (χ1n) is 8.57. The Morgan fingerprint density at radius 3 is 2.46 bits per heavy atom. The van der Waals surface area contributed by atoms with Crippen LogP contribution in [-0.2, 0) is 6.42 Å². The lowest BCUT2D eigenvalue weighted by atomic mass is 9.89. The average Bonchev–Trinajstić information content (AvgIpc) is 2.62. The van der Waals surface area contributed by atoms with Gasteiger partial charge in [-0.25, -0.2) is 0 Å². The molecule has 0 saturated carbocycles. The van der Waals surface area contributed by atoms with Crippen molar-refractivity contribution in [2.75, 3.05) is 26.9 Å². The molecule has 0 aromatic heterocycles. The molecule has 2 aromatic carbocycles. The summed E-state index contributed by atoms with van der Waals surface area (Å²) in [4.78, 5) is 0. The summed E-state index contributed by atoms with van der Waals surface area (Å²) in [5.74, 6) is 2.52. The molecule has 1 unspecified atom stereocenters. The van der Waals surface area contributed by atoms with E-state index < -0.39 is 0 Å². The van der Waals surface area contributed by atoms with Gasteiger partial charge in [-0.15, -0.1) is 0 Å². The first kappa shape index (κ1) is 16.7. The summed E-state index contributed by atoms with van der Waals surface area (Å²) in [6.07, 6.45) is 0.978. The third-order valence-electron chi connectivity index (χ3n) is 4.31. The number of benzene rings is 2. The zero-order chi connectivity index (χ0) is 16.9. The molecule has 0 radical (unpaired) electrons. The third kappa shape index (κ3) is 3.20. The number of fused-ring (bicyclic) bond motifs is 1. The number of nitrogens with one attached hydrogen (secondary N) is 1. The van der Waals surface area contributed by atoms with E-state index in [1.807, 2.05) is 26.0 Å². The molecule has 24 heavy (non-hydrogen) atoms. The monoisotopic (exact) mass is 327 g/mol. The van der Waals surface area contributed by atoms with Crippen LogP contribution in [0.1, 0.15) is 36.6 Å². The maximum Gasteiger partial charge on any atom is 0.161 e. The first-order valence-corrected chi connectivity index (χ1v) is 8.57. The van der Waals surface area contributed by atoms with Crippen LogP contribution < -0.4 is 19.5 Å². The smallest absolute Gasteiger partial charge is 0.161 e. The Balaban J connectivity index is 2.07. The minimum atomic E-state index is 0.0987. The highest BCUT2D eigenvalue weighted by Gasteiger charge is 2.26. The van der Waals surface area contributed by atoms with Crippen molar-refractivity contribution in [2.24, 2.45) is 0 Å². The van der Waals surface area contributed by atoms with Crippen LogP contribution in [0.15, 0.2) is 36.4 Å². The van der Waals surface area contributed by atoms with E-state index in [0.717, 1.165) is 35.8 Å². The van der Waals surface area contributed by atoms with Crippen LogP contribution >= 0.6 is 0 Å². The zero-order valence-corrected chi connectivity index (χ0v) is 14.6. The lowest BCUT2D eigenvalue weighted by molar-refractivity contribution is 0.309. The standard InChI is InChI=1S/C20H25NO3/c1-4-23-17-9-7-6-8-15(17)20-16-13-19(24-5-2)18(22-3)12-14(16)10-11-21-20/h6-9,12-13,20-21H,4-5,10-11H2,1-3H3. The largest absolute Gasteiger partial charge is 0.494 e. The summed E-state index contributed by atoms with van der Waals surface area (Å²) in [5, 5.41) is 3.62. The van der Waals surface area contributed by atoms with E-state index in [1.165, 1.54) is 11.1 Å². The minimum Gasteiger partial charge on any atom is -0.494 e. The normalized spacial score (nSPS) is 16.4. The number of rotatable bonds is 6. The van der Waals surface area contributed by atoms with Gasteiger partial charge in [-0.2, -0.15) is 0 Å². The van der Waals surface area contributed by atoms with Crippen molar-refractivity contribution in [1.29, 1.82) is 0 Å². The van der Waals surface area contributed by atoms with Crippen LogP contribution in [0.5, 0.6) is 17.2 Å². The maximum absolute atomic E-state index is 5.83. The van der Waals surface area contributed by atoms with Crippen LogP contribution in [0.4, 0.5) is 0 Å². The molecule has 1 aliphatic heterocycles. The molecule has 1 atom stereocenters. The molecule has 3 rings (SSSR count). The molecule has 128 valence electrons. The Bertz CT molecular complexity index is 699. The molecule has 0 saturated heterocycles. The summed E-state index contributed by atoms with van der Waals surface area (Å²) in [6, 6.07) is 12.5. The predicted molar refractivity (Wildman–Crippen MR) is 95.3 cm³/mol. The highest BCUT2D eigenvalue weighted by Crippen LogP contribution is 2.39. The molecule has 0 bridgehead atoms. The Hall–Kier alpha value is -2.20. The quantitative estimate of drug-likeness (QED) is 0.877. The van der Waals surface area contributed by atoms with Gasteiger partial charge in [-0.3, -0.25) is 0 Å². The van der Waals surface area contributed by atoms with Crippen LogP contribution in [0.2, 0.25) is 0 Å². The van der Waals surface area contributed by atoms with Crippen molar-refractivity contribution < 1.29 is 14.2 Å². The van der Waals surface area contributed by atoms with Crippen molar-refractivity contribution in [3.63, 3.8) is 0 Å². The van der Waals surface area contributed by atoms with Gasteiger partial charge in [0, 0.05) is 12.1 Å². The van der Waals surface area contributed by atoms with E-state index in [2.05, 4.69) is 29.6 Å². The van der Waals surface area contributed by atoms with Crippen molar-refractivity contribution in [1.82, 2.24) is 5.32 Å². The summed E-state index contributed by atoms with van der Waals surface area (Å²) in [7, 11) is 1.69. The third-order valence-corrected chi connectivity index (χ3v) is 4.31. The van der Waals surface area contributed by atoms with Gasteiger partial charge in [0.25, 0.3) is 0 Å². The molecule has 0 fully saturated rings. The van der Waals surface area contributed by atoms with Crippen molar-refractivity contribution >= 4 is 0 Å². The molecular formula is C20H25NO3. The topological polar surface area (TPSA) is 39.7 Å². The van der Waals surface area contributed by atoms with Crippen LogP contribution in [0.3, 0.4) is 0 Å².